The quantitative estimate of drug-likeness (QED) is 0.384. The summed E-state index contributed by atoms with van der Waals surface area (Å²) in [6, 6.07) is 0. The zero-order valence-corrected chi connectivity index (χ0v) is 4.90. The van der Waals surface area contributed by atoms with E-state index in [0.29, 0.717) is 4.73 Å². The molecule has 0 aromatic carbocycles. The summed E-state index contributed by atoms with van der Waals surface area (Å²) in [5, 5.41) is 19.4. The summed E-state index contributed by atoms with van der Waals surface area (Å²) in [5.41, 5.74) is 0.269. The monoisotopic (exact) mass is 126 g/mol. The van der Waals surface area contributed by atoms with Gasteiger partial charge in [-0.25, -0.2) is 4.73 Å². The lowest BCUT2D eigenvalue weighted by atomic mass is 10.4. The van der Waals surface area contributed by atoms with Crippen molar-refractivity contribution < 1.29 is 9.84 Å². The summed E-state index contributed by atoms with van der Waals surface area (Å²) in [6.45, 7) is 1.52. The Hall–Kier alpha value is -1.32. The molecule has 0 aliphatic rings. The highest BCUT2D eigenvalue weighted by atomic mass is 16.5. The average Bonchev–Trinajstić information content (AvgIpc) is 1.83. The van der Waals surface area contributed by atoms with Gasteiger partial charge in [0, 0.05) is 6.92 Å². The normalized spacial score (nSPS) is 9.44. The first kappa shape index (κ1) is 5.81. The lowest BCUT2D eigenvalue weighted by molar-refractivity contribution is -0.616. The van der Waals surface area contributed by atoms with E-state index >= 15 is 0 Å². The Kier molecular flexibility index (Phi) is 1.22. The van der Waals surface area contributed by atoms with Gasteiger partial charge in [-0.2, -0.15) is 0 Å². The van der Waals surface area contributed by atoms with Gasteiger partial charge in [-0.15, -0.1) is 0 Å². The zero-order chi connectivity index (χ0) is 6.85. The lowest BCUT2D eigenvalue weighted by Gasteiger charge is -2.02. The van der Waals surface area contributed by atoms with E-state index in [1.165, 1.54) is 13.1 Å². The molecular formula is C5H6N2O2. The van der Waals surface area contributed by atoms with Crippen molar-refractivity contribution in [1.29, 1.82) is 0 Å². The van der Waals surface area contributed by atoms with E-state index in [1.807, 2.05) is 0 Å². The van der Waals surface area contributed by atoms with Crippen molar-refractivity contribution in [1.82, 2.24) is 4.98 Å². The van der Waals surface area contributed by atoms with Crippen LogP contribution in [0.5, 0.6) is 5.75 Å². The molecule has 0 saturated heterocycles. The first-order chi connectivity index (χ1) is 4.22. The van der Waals surface area contributed by atoms with Crippen LogP contribution in [0.15, 0.2) is 12.5 Å². The van der Waals surface area contributed by atoms with Gasteiger partial charge in [0.05, 0.1) is 0 Å². The molecule has 0 bridgehead atoms. The van der Waals surface area contributed by atoms with E-state index in [4.69, 9.17) is 5.11 Å². The van der Waals surface area contributed by atoms with Crippen LogP contribution in [0.2, 0.25) is 0 Å². The Morgan fingerprint density at radius 2 is 2.44 bits per heavy atom. The SMILES string of the molecule is Cc1c(O)cnc[n+]1[O-]. The second-order valence-corrected chi connectivity index (χ2v) is 1.69. The Balaban J connectivity index is 3.25. The van der Waals surface area contributed by atoms with E-state index in [-0.39, 0.29) is 11.4 Å². The van der Waals surface area contributed by atoms with Gasteiger partial charge in [-0.3, -0.25) is 0 Å². The molecule has 0 aliphatic carbocycles. The van der Waals surface area contributed by atoms with Crippen LogP contribution in [-0.2, 0) is 0 Å². The molecule has 0 atom stereocenters. The van der Waals surface area contributed by atoms with Crippen LogP contribution in [-0.4, -0.2) is 10.1 Å². The molecule has 0 saturated carbocycles. The predicted molar refractivity (Wildman–Crippen MR) is 29.6 cm³/mol. The summed E-state index contributed by atoms with van der Waals surface area (Å²) in [4.78, 5) is 3.45. The van der Waals surface area contributed by atoms with E-state index in [9.17, 15) is 5.21 Å². The first-order valence-corrected chi connectivity index (χ1v) is 2.44. The number of aromatic hydroxyl groups is 1. The van der Waals surface area contributed by atoms with E-state index in [2.05, 4.69) is 4.98 Å². The standard InChI is InChI=1S/C5H6N2O2/c1-4-5(8)2-6-3-7(4)9/h2-3,8H,1H3. The molecule has 0 fully saturated rings. The number of hydrogen-bond acceptors (Lipinski definition) is 3. The summed E-state index contributed by atoms with van der Waals surface area (Å²) in [5.74, 6) is -0.0764. The highest BCUT2D eigenvalue weighted by Gasteiger charge is 2.00. The highest BCUT2D eigenvalue weighted by Crippen LogP contribution is 2.05. The van der Waals surface area contributed by atoms with Crippen LogP contribution in [0.1, 0.15) is 5.69 Å². The van der Waals surface area contributed by atoms with Gasteiger partial charge in [0.15, 0.2) is 6.20 Å². The molecule has 1 N–H and O–H groups in total. The number of aromatic nitrogens is 2. The minimum absolute atomic E-state index is 0.0764. The molecule has 4 nitrogen and oxygen atoms in total. The maximum atomic E-state index is 10.5. The summed E-state index contributed by atoms with van der Waals surface area (Å²) < 4.78 is 0.509. The first-order valence-electron chi connectivity index (χ1n) is 2.44. The third kappa shape index (κ3) is 0.910. The fourth-order valence-electron chi connectivity index (χ4n) is 0.457. The van der Waals surface area contributed by atoms with Crippen LogP contribution in [0.25, 0.3) is 0 Å². The Morgan fingerprint density at radius 1 is 1.78 bits per heavy atom. The molecule has 1 aromatic heterocycles. The Labute approximate surface area is 52.0 Å². The van der Waals surface area contributed by atoms with Crippen molar-refractivity contribution in [3.8, 4) is 5.75 Å². The van der Waals surface area contributed by atoms with Crippen molar-refractivity contribution in [2.45, 2.75) is 6.92 Å². The molecular weight excluding hydrogens is 120 g/mol. The Morgan fingerprint density at radius 3 is 2.89 bits per heavy atom. The largest absolute Gasteiger partial charge is 0.711 e. The maximum absolute atomic E-state index is 10.5. The second-order valence-electron chi connectivity index (χ2n) is 1.69. The fourth-order valence-corrected chi connectivity index (χ4v) is 0.457. The summed E-state index contributed by atoms with van der Waals surface area (Å²) in [6.07, 6.45) is 2.32. The molecule has 0 amide bonds. The van der Waals surface area contributed by atoms with Crippen LogP contribution < -0.4 is 4.73 Å². The van der Waals surface area contributed by atoms with E-state index < -0.39 is 0 Å². The van der Waals surface area contributed by atoms with Crippen molar-refractivity contribution in [2.24, 2.45) is 0 Å². The summed E-state index contributed by atoms with van der Waals surface area (Å²) in [7, 11) is 0. The molecule has 0 spiro atoms. The third-order valence-corrected chi connectivity index (χ3v) is 1.07. The molecule has 4 heteroatoms. The van der Waals surface area contributed by atoms with Crippen molar-refractivity contribution >= 4 is 0 Å². The van der Waals surface area contributed by atoms with Gasteiger partial charge in [0.1, 0.15) is 5.69 Å². The molecule has 0 unspecified atom stereocenters. The molecule has 0 radical (unpaired) electrons. The minimum atomic E-state index is -0.0764. The average molecular weight is 126 g/mol. The molecule has 1 aromatic rings. The van der Waals surface area contributed by atoms with Gasteiger partial charge in [0.2, 0.25) is 5.75 Å². The van der Waals surface area contributed by atoms with Crippen LogP contribution in [0, 0.1) is 12.1 Å². The van der Waals surface area contributed by atoms with Gasteiger partial charge in [-0.1, -0.05) is 4.98 Å². The van der Waals surface area contributed by atoms with E-state index in [0.717, 1.165) is 6.33 Å². The predicted octanol–water partition coefficient (Wildman–Crippen LogP) is -0.271. The van der Waals surface area contributed by atoms with Gasteiger partial charge >= 0.3 is 0 Å². The van der Waals surface area contributed by atoms with Crippen LogP contribution in [0.3, 0.4) is 0 Å². The number of hydrogen-bond donors (Lipinski definition) is 1. The maximum Gasteiger partial charge on any atom is 0.289 e. The van der Waals surface area contributed by atoms with Gasteiger partial charge in [-0.05, 0) is 0 Å². The van der Waals surface area contributed by atoms with Crippen molar-refractivity contribution in [3.05, 3.63) is 23.4 Å². The molecule has 1 heterocycles. The minimum Gasteiger partial charge on any atom is -0.711 e. The van der Waals surface area contributed by atoms with Crippen molar-refractivity contribution in [3.63, 3.8) is 0 Å². The van der Waals surface area contributed by atoms with Gasteiger partial charge < -0.3 is 10.3 Å². The fraction of sp³-hybridized carbons (Fsp3) is 0.200. The molecule has 48 valence electrons. The molecule has 1 rings (SSSR count). The second kappa shape index (κ2) is 1.89. The third-order valence-electron chi connectivity index (χ3n) is 1.07. The van der Waals surface area contributed by atoms with Gasteiger partial charge in [0.25, 0.3) is 6.33 Å². The van der Waals surface area contributed by atoms with E-state index in [1.54, 1.807) is 0 Å². The zero-order valence-electron chi connectivity index (χ0n) is 4.90. The molecule has 9 heavy (non-hydrogen) atoms. The Bertz CT molecular complexity index is 204. The topological polar surface area (TPSA) is 60.1 Å². The molecule has 0 aliphatic heterocycles. The number of nitrogens with zero attached hydrogens (tertiary/aromatic N) is 2. The number of rotatable bonds is 0. The highest BCUT2D eigenvalue weighted by molar-refractivity contribution is 5.15. The van der Waals surface area contributed by atoms with Crippen LogP contribution in [0.4, 0.5) is 0 Å². The smallest absolute Gasteiger partial charge is 0.289 e. The van der Waals surface area contributed by atoms with Crippen LogP contribution >= 0.6 is 0 Å². The van der Waals surface area contributed by atoms with Crippen molar-refractivity contribution in [2.75, 3.05) is 0 Å². The summed E-state index contributed by atoms with van der Waals surface area (Å²) >= 11 is 0. The lowest BCUT2D eigenvalue weighted by Crippen LogP contribution is -2.29.